The van der Waals surface area contributed by atoms with Gasteiger partial charge in [-0.25, -0.2) is 0 Å². The first kappa shape index (κ1) is 24.7. The fraction of sp³-hybridized carbons (Fsp3) is 0.344. The molecule has 1 aliphatic rings. The van der Waals surface area contributed by atoms with Crippen LogP contribution < -0.4 is 5.32 Å². The average molecular weight is 505 g/mol. The topological polar surface area (TPSA) is 58.9 Å². The Balaban J connectivity index is 1.22. The van der Waals surface area contributed by atoms with Crippen molar-refractivity contribution < 1.29 is 0 Å². The Labute approximate surface area is 224 Å². The second-order valence-corrected chi connectivity index (χ2v) is 10.4. The standard InChI is InChI=1S/C32H36N6/c1-37(30-12-6-8-25-9-7-17-36-31(25)30)23-28-32-27(15-20-35-28)26-10-2-3-11-29(26)38(32)21-5-4-16-34-22-24-13-18-33-19-14-24/h2-3,7,9-11,13-15,17-20,30,34H,4-6,8,12,16,21-23H2,1H3. The number of benzene rings is 1. The molecule has 38 heavy (non-hydrogen) atoms. The van der Waals surface area contributed by atoms with Crippen LogP contribution in [0.25, 0.3) is 21.8 Å². The maximum Gasteiger partial charge on any atom is 0.0786 e. The van der Waals surface area contributed by atoms with Crippen molar-refractivity contribution in [3.63, 3.8) is 0 Å². The number of nitrogens with zero attached hydrogens (tertiary/aromatic N) is 5. The van der Waals surface area contributed by atoms with E-state index in [-0.39, 0.29) is 0 Å². The largest absolute Gasteiger partial charge is 0.339 e. The summed E-state index contributed by atoms with van der Waals surface area (Å²) in [6, 6.07) is 19.8. The van der Waals surface area contributed by atoms with Crippen LogP contribution in [-0.4, -0.2) is 38.0 Å². The van der Waals surface area contributed by atoms with Crippen LogP contribution in [0.5, 0.6) is 0 Å². The van der Waals surface area contributed by atoms with Crippen LogP contribution in [0.4, 0.5) is 0 Å². The van der Waals surface area contributed by atoms with E-state index in [1.807, 2.05) is 24.8 Å². The molecule has 1 aliphatic carbocycles. The van der Waals surface area contributed by atoms with Crippen molar-refractivity contribution in [3.05, 3.63) is 102 Å². The number of aromatic nitrogens is 4. The molecule has 0 spiro atoms. The fourth-order valence-corrected chi connectivity index (χ4v) is 6.03. The molecule has 0 fully saturated rings. The number of nitrogens with one attached hydrogen (secondary N) is 1. The molecule has 1 aromatic carbocycles. The summed E-state index contributed by atoms with van der Waals surface area (Å²) >= 11 is 0. The Bertz CT molecular complexity index is 1510. The highest BCUT2D eigenvalue weighted by molar-refractivity contribution is 6.08. The molecule has 0 radical (unpaired) electrons. The van der Waals surface area contributed by atoms with Crippen molar-refractivity contribution in [1.29, 1.82) is 0 Å². The van der Waals surface area contributed by atoms with Gasteiger partial charge in [-0.05, 0) is 87.2 Å². The summed E-state index contributed by atoms with van der Waals surface area (Å²) in [4.78, 5) is 16.3. The van der Waals surface area contributed by atoms with E-state index in [1.165, 1.54) is 45.0 Å². The first-order valence-electron chi connectivity index (χ1n) is 13.9. The average Bonchev–Trinajstić information content (AvgIpc) is 3.29. The van der Waals surface area contributed by atoms with Crippen LogP contribution in [0.2, 0.25) is 0 Å². The van der Waals surface area contributed by atoms with E-state index in [9.17, 15) is 0 Å². The summed E-state index contributed by atoms with van der Waals surface area (Å²) in [5.41, 5.74) is 7.65. The summed E-state index contributed by atoms with van der Waals surface area (Å²) in [5, 5.41) is 6.19. The minimum Gasteiger partial charge on any atom is -0.339 e. The molecule has 0 amide bonds. The highest BCUT2D eigenvalue weighted by atomic mass is 15.2. The SMILES string of the molecule is CN(Cc1nccc2c3ccccc3n(CCCCNCc3ccncc3)c12)C1CCCc2cccnc21. The predicted molar refractivity (Wildman–Crippen MR) is 154 cm³/mol. The van der Waals surface area contributed by atoms with Gasteiger partial charge < -0.3 is 9.88 Å². The van der Waals surface area contributed by atoms with Crippen molar-refractivity contribution in [2.45, 2.75) is 57.8 Å². The summed E-state index contributed by atoms with van der Waals surface area (Å²) in [6.45, 7) is 3.68. The van der Waals surface area contributed by atoms with E-state index < -0.39 is 0 Å². The molecular formula is C32H36N6. The molecule has 6 heteroatoms. The van der Waals surface area contributed by atoms with Crippen LogP contribution in [0.15, 0.2) is 79.4 Å². The Morgan fingerprint density at radius 1 is 0.921 bits per heavy atom. The Morgan fingerprint density at radius 2 is 1.82 bits per heavy atom. The third-order valence-electron chi connectivity index (χ3n) is 7.92. The number of rotatable bonds is 10. The van der Waals surface area contributed by atoms with Crippen LogP contribution in [0.3, 0.4) is 0 Å². The monoisotopic (exact) mass is 504 g/mol. The molecule has 6 rings (SSSR count). The van der Waals surface area contributed by atoms with Crippen LogP contribution >= 0.6 is 0 Å². The van der Waals surface area contributed by atoms with Gasteiger partial charge in [-0.15, -0.1) is 0 Å². The number of unbranched alkanes of at least 4 members (excludes halogenated alkanes) is 1. The lowest BCUT2D eigenvalue weighted by atomic mass is 9.91. The van der Waals surface area contributed by atoms with Crippen molar-refractivity contribution in [2.75, 3.05) is 13.6 Å². The van der Waals surface area contributed by atoms with Gasteiger partial charge in [0.1, 0.15) is 0 Å². The molecule has 1 atom stereocenters. The van der Waals surface area contributed by atoms with Gasteiger partial charge in [0.2, 0.25) is 0 Å². The zero-order chi connectivity index (χ0) is 25.7. The van der Waals surface area contributed by atoms with Gasteiger partial charge in [0.15, 0.2) is 0 Å². The second kappa shape index (κ2) is 11.4. The summed E-state index contributed by atoms with van der Waals surface area (Å²) in [6.07, 6.45) is 13.4. The van der Waals surface area contributed by atoms with Gasteiger partial charge in [-0.1, -0.05) is 24.3 Å². The van der Waals surface area contributed by atoms with Gasteiger partial charge >= 0.3 is 0 Å². The zero-order valence-electron chi connectivity index (χ0n) is 22.2. The number of fused-ring (bicyclic) bond motifs is 4. The second-order valence-electron chi connectivity index (χ2n) is 10.4. The zero-order valence-corrected chi connectivity index (χ0v) is 22.2. The lowest BCUT2D eigenvalue weighted by Gasteiger charge is -2.32. The Kier molecular flexibility index (Phi) is 7.42. The predicted octanol–water partition coefficient (Wildman–Crippen LogP) is 6.06. The Hall–Kier alpha value is -3.61. The smallest absolute Gasteiger partial charge is 0.0786 e. The number of pyridine rings is 3. The van der Waals surface area contributed by atoms with Crippen molar-refractivity contribution >= 4 is 21.8 Å². The normalized spacial score (nSPS) is 15.4. The minimum absolute atomic E-state index is 0.335. The molecular weight excluding hydrogens is 468 g/mol. The molecule has 0 aliphatic heterocycles. The van der Waals surface area contributed by atoms with Gasteiger partial charge in [0.05, 0.1) is 22.9 Å². The molecule has 6 nitrogen and oxygen atoms in total. The van der Waals surface area contributed by atoms with Gasteiger partial charge in [-0.2, -0.15) is 0 Å². The first-order chi connectivity index (χ1) is 18.8. The summed E-state index contributed by atoms with van der Waals surface area (Å²) < 4.78 is 2.51. The molecule has 4 heterocycles. The lowest BCUT2D eigenvalue weighted by molar-refractivity contribution is 0.207. The summed E-state index contributed by atoms with van der Waals surface area (Å²) in [7, 11) is 2.23. The molecule has 0 saturated heterocycles. The summed E-state index contributed by atoms with van der Waals surface area (Å²) in [5.74, 6) is 0. The highest BCUT2D eigenvalue weighted by Gasteiger charge is 2.26. The Morgan fingerprint density at radius 3 is 2.74 bits per heavy atom. The number of aryl methyl sites for hydroxylation is 2. The van der Waals surface area contributed by atoms with E-state index in [0.717, 1.165) is 57.6 Å². The van der Waals surface area contributed by atoms with Crippen molar-refractivity contribution in [3.8, 4) is 0 Å². The van der Waals surface area contributed by atoms with Gasteiger partial charge in [0, 0.05) is 60.7 Å². The van der Waals surface area contributed by atoms with E-state index in [0.29, 0.717) is 6.04 Å². The number of hydrogen-bond acceptors (Lipinski definition) is 5. The molecule has 4 aromatic heterocycles. The highest BCUT2D eigenvalue weighted by Crippen LogP contribution is 2.35. The maximum atomic E-state index is 4.94. The van der Waals surface area contributed by atoms with Crippen LogP contribution in [-0.2, 0) is 26.1 Å². The lowest BCUT2D eigenvalue weighted by Crippen LogP contribution is -2.29. The van der Waals surface area contributed by atoms with E-state index >= 15 is 0 Å². The molecule has 0 bridgehead atoms. The fourth-order valence-electron chi connectivity index (χ4n) is 6.03. The molecule has 0 saturated carbocycles. The van der Waals surface area contributed by atoms with Gasteiger partial charge in [0.25, 0.3) is 0 Å². The van der Waals surface area contributed by atoms with E-state index in [1.54, 1.807) is 0 Å². The molecule has 1 unspecified atom stereocenters. The minimum atomic E-state index is 0.335. The molecule has 5 aromatic rings. The van der Waals surface area contributed by atoms with E-state index in [2.05, 4.69) is 81.4 Å². The third-order valence-corrected chi connectivity index (χ3v) is 7.92. The first-order valence-corrected chi connectivity index (χ1v) is 13.9. The van der Waals surface area contributed by atoms with Crippen molar-refractivity contribution in [1.82, 2.24) is 29.7 Å². The number of para-hydroxylation sites is 1. The van der Waals surface area contributed by atoms with Gasteiger partial charge in [-0.3, -0.25) is 19.9 Å². The van der Waals surface area contributed by atoms with Crippen LogP contribution in [0.1, 0.15) is 54.2 Å². The third kappa shape index (κ3) is 5.06. The maximum absolute atomic E-state index is 4.94. The van der Waals surface area contributed by atoms with E-state index in [4.69, 9.17) is 9.97 Å². The van der Waals surface area contributed by atoms with Crippen LogP contribution in [0, 0.1) is 0 Å². The van der Waals surface area contributed by atoms with Crippen molar-refractivity contribution in [2.24, 2.45) is 0 Å². The molecule has 1 N–H and O–H groups in total. The molecule has 194 valence electrons. The quantitative estimate of drug-likeness (QED) is 0.234. The number of hydrogen-bond donors (Lipinski definition) is 1.